The highest BCUT2D eigenvalue weighted by atomic mass is 32.2. The first-order valence-electron chi connectivity index (χ1n) is 9.60. The molecule has 0 aliphatic carbocycles. The number of thioether (sulfide) groups is 1. The zero-order valence-corrected chi connectivity index (χ0v) is 16.6. The Morgan fingerprint density at radius 2 is 1.89 bits per heavy atom. The number of nitrogens with zero attached hydrogens (tertiary/aromatic N) is 4. The van der Waals surface area contributed by atoms with Crippen LogP contribution in [0.3, 0.4) is 0 Å². The van der Waals surface area contributed by atoms with Crippen LogP contribution in [0.25, 0.3) is 5.69 Å². The van der Waals surface area contributed by atoms with Crippen LogP contribution in [-0.4, -0.2) is 63.3 Å². The maximum Gasteiger partial charge on any atom is 0.195 e. The Morgan fingerprint density at radius 1 is 1.15 bits per heavy atom. The maximum absolute atomic E-state index is 13.4. The molecule has 3 rings (SSSR count). The van der Waals surface area contributed by atoms with E-state index in [1.165, 1.54) is 31.4 Å². The van der Waals surface area contributed by atoms with Crippen LogP contribution in [0.15, 0.2) is 29.4 Å². The summed E-state index contributed by atoms with van der Waals surface area (Å²) < 4.78 is 15.5. The third kappa shape index (κ3) is 5.28. The van der Waals surface area contributed by atoms with Gasteiger partial charge in [0.1, 0.15) is 5.82 Å². The lowest BCUT2D eigenvalue weighted by atomic mass is 10.1. The monoisotopic (exact) mass is 393 g/mol. The third-order valence-electron chi connectivity index (χ3n) is 4.85. The van der Waals surface area contributed by atoms with E-state index in [0.717, 1.165) is 42.1 Å². The molecular weight excluding hydrogens is 365 g/mol. The molecule has 0 spiro atoms. The van der Waals surface area contributed by atoms with Crippen molar-refractivity contribution in [2.45, 2.75) is 37.4 Å². The molecule has 1 atom stereocenters. The molecule has 0 amide bonds. The second-order valence-corrected chi connectivity index (χ2v) is 7.81. The Kier molecular flexibility index (Phi) is 7.63. The van der Waals surface area contributed by atoms with E-state index < -0.39 is 0 Å². The highest BCUT2D eigenvalue weighted by Crippen LogP contribution is 2.29. The van der Waals surface area contributed by atoms with E-state index >= 15 is 0 Å². The van der Waals surface area contributed by atoms with E-state index in [2.05, 4.69) is 31.9 Å². The predicted molar refractivity (Wildman–Crippen MR) is 106 cm³/mol. The zero-order valence-electron chi connectivity index (χ0n) is 15.8. The van der Waals surface area contributed by atoms with Crippen molar-refractivity contribution in [2.24, 2.45) is 0 Å². The lowest BCUT2D eigenvalue weighted by Crippen LogP contribution is -2.33. The Balaban J connectivity index is 1.82. The molecule has 1 aromatic carbocycles. The molecule has 27 heavy (non-hydrogen) atoms. The molecular formula is C19H28FN5OS. The summed E-state index contributed by atoms with van der Waals surface area (Å²) in [5.74, 6) is 1.46. The van der Waals surface area contributed by atoms with E-state index in [-0.39, 0.29) is 18.5 Å². The Bertz CT molecular complexity index is 703. The van der Waals surface area contributed by atoms with Gasteiger partial charge in [-0.1, -0.05) is 18.2 Å². The van der Waals surface area contributed by atoms with Gasteiger partial charge < -0.3 is 10.4 Å². The molecule has 0 saturated carbocycles. The SMILES string of the molecule is CC(c1nnc(SCCNCCO)n1-c1ccc(F)cc1)N1CCCCC1. The largest absolute Gasteiger partial charge is 0.395 e. The third-order valence-corrected chi connectivity index (χ3v) is 5.78. The first-order valence-corrected chi connectivity index (χ1v) is 10.6. The van der Waals surface area contributed by atoms with Gasteiger partial charge in [-0.3, -0.25) is 9.47 Å². The van der Waals surface area contributed by atoms with Crippen molar-refractivity contribution >= 4 is 11.8 Å². The average molecular weight is 394 g/mol. The molecule has 1 unspecified atom stereocenters. The van der Waals surface area contributed by atoms with Crippen molar-refractivity contribution in [1.29, 1.82) is 0 Å². The topological polar surface area (TPSA) is 66.2 Å². The molecule has 6 nitrogen and oxygen atoms in total. The number of hydrogen-bond acceptors (Lipinski definition) is 6. The standard InChI is InChI=1S/C19H28FN5OS/c1-15(24-11-3-2-4-12-24)18-22-23-19(27-14-10-21-9-13-26)25(18)17-7-5-16(20)6-8-17/h5-8,15,21,26H,2-4,9-14H2,1H3. The van der Waals surface area contributed by atoms with Gasteiger partial charge in [0.05, 0.1) is 12.6 Å². The second kappa shape index (κ2) is 10.2. The minimum absolute atomic E-state index is 0.133. The Labute approximate surface area is 164 Å². The highest BCUT2D eigenvalue weighted by molar-refractivity contribution is 7.99. The summed E-state index contributed by atoms with van der Waals surface area (Å²) >= 11 is 1.61. The van der Waals surface area contributed by atoms with Crippen LogP contribution < -0.4 is 5.32 Å². The quantitative estimate of drug-likeness (QED) is 0.504. The number of likely N-dealkylation sites (tertiary alicyclic amines) is 1. The van der Waals surface area contributed by atoms with Crippen LogP contribution in [0.5, 0.6) is 0 Å². The lowest BCUT2D eigenvalue weighted by molar-refractivity contribution is 0.167. The molecule has 8 heteroatoms. The van der Waals surface area contributed by atoms with Crippen molar-refractivity contribution in [3.05, 3.63) is 35.9 Å². The molecule has 0 radical (unpaired) electrons. The Morgan fingerprint density at radius 3 is 2.59 bits per heavy atom. The Hall–Kier alpha value is -1.48. The minimum atomic E-state index is -0.250. The molecule has 2 heterocycles. The van der Waals surface area contributed by atoms with Gasteiger partial charge in [0.15, 0.2) is 11.0 Å². The summed E-state index contributed by atoms with van der Waals surface area (Å²) in [6.07, 6.45) is 3.72. The van der Waals surface area contributed by atoms with Gasteiger partial charge in [-0.25, -0.2) is 4.39 Å². The summed E-state index contributed by atoms with van der Waals surface area (Å²) in [5.41, 5.74) is 0.881. The molecule has 148 valence electrons. The van der Waals surface area contributed by atoms with Gasteiger partial charge in [-0.15, -0.1) is 10.2 Å². The van der Waals surface area contributed by atoms with Gasteiger partial charge in [0, 0.05) is 24.5 Å². The minimum Gasteiger partial charge on any atom is -0.395 e. The second-order valence-electron chi connectivity index (χ2n) is 6.75. The molecule has 1 aromatic heterocycles. The average Bonchev–Trinajstić information content (AvgIpc) is 3.12. The van der Waals surface area contributed by atoms with Crippen molar-refractivity contribution in [3.8, 4) is 5.69 Å². The van der Waals surface area contributed by atoms with Crippen LogP contribution in [0.4, 0.5) is 4.39 Å². The van der Waals surface area contributed by atoms with E-state index in [0.29, 0.717) is 6.54 Å². The van der Waals surface area contributed by atoms with Gasteiger partial charge in [0.2, 0.25) is 0 Å². The molecule has 1 aliphatic rings. The number of hydrogen-bond donors (Lipinski definition) is 2. The normalized spacial score (nSPS) is 16.6. The fraction of sp³-hybridized carbons (Fsp3) is 0.579. The van der Waals surface area contributed by atoms with Crippen molar-refractivity contribution < 1.29 is 9.50 Å². The number of aromatic nitrogens is 3. The number of aliphatic hydroxyl groups excluding tert-OH is 1. The van der Waals surface area contributed by atoms with E-state index in [1.54, 1.807) is 23.9 Å². The predicted octanol–water partition coefficient (Wildman–Crippen LogP) is 2.63. The van der Waals surface area contributed by atoms with Crippen LogP contribution in [0.1, 0.15) is 38.1 Å². The number of benzene rings is 1. The first-order chi connectivity index (χ1) is 13.2. The van der Waals surface area contributed by atoms with Crippen LogP contribution in [-0.2, 0) is 0 Å². The molecule has 1 saturated heterocycles. The maximum atomic E-state index is 13.4. The summed E-state index contributed by atoms with van der Waals surface area (Å²) in [6.45, 7) is 5.82. The van der Waals surface area contributed by atoms with Crippen molar-refractivity contribution in [1.82, 2.24) is 25.0 Å². The zero-order chi connectivity index (χ0) is 19.1. The van der Waals surface area contributed by atoms with E-state index in [9.17, 15) is 4.39 Å². The summed E-state index contributed by atoms with van der Waals surface area (Å²) in [7, 11) is 0. The number of nitrogens with one attached hydrogen (secondary N) is 1. The van der Waals surface area contributed by atoms with E-state index in [1.807, 2.05) is 0 Å². The van der Waals surface area contributed by atoms with Crippen LogP contribution in [0, 0.1) is 5.82 Å². The van der Waals surface area contributed by atoms with Crippen molar-refractivity contribution in [2.75, 3.05) is 38.5 Å². The van der Waals surface area contributed by atoms with Crippen LogP contribution >= 0.6 is 11.8 Å². The number of rotatable bonds is 9. The summed E-state index contributed by atoms with van der Waals surface area (Å²) in [6, 6.07) is 6.66. The lowest BCUT2D eigenvalue weighted by Gasteiger charge is -2.31. The van der Waals surface area contributed by atoms with Gasteiger partial charge in [-0.2, -0.15) is 0 Å². The van der Waals surface area contributed by atoms with Gasteiger partial charge in [-0.05, 0) is 57.1 Å². The summed E-state index contributed by atoms with van der Waals surface area (Å²) in [4.78, 5) is 2.45. The fourth-order valence-corrected chi connectivity index (χ4v) is 4.22. The molecule has 1 fully saturated rings. The highest BCUT2D eigenvalue weighted by Gasteiger charge is 2.25. The number of piperidine rings is 1. The number of aliphatic hydroxyl groups is 1. The molecule has 2 N–H and O–H groups in total. The van der Waals surface area contributed by atoms with Crippen molar-refractivity contribution in [3.63, 3.8) is 0 Å². The van der Waals surface area contributed by atoms with Gasteiger partial charge >= 0.3 is 0 Å². The first kappa shape index (κ1) is 20.3. The van der Waals surface area contributed by atoms with Gasteiger partial charge in [0.25, 0.3) is 0 Å². The fourth-order valence-electron chi connectivity index (χ4n) is 3.37. The summed E-state index contributed by atoms with van der Waals surface area (Å²) in [5, 5.41) is 21.8. The number of halogens is 1. The van der Waals surface area contributed by atoms with E-state index in [4.69, 9.17) is 5.11 Å². The molecule has 2 aromatic rings. The molecule has 0 bridgehead atoms. The molecule has 1 aliphatic heterocycles. The smallest absolute Gasteiger partial charge is 0.195 e. The van der Waals surface area contributed by atoms with Crippen LogP contribution in [0.2, 0.25) is 0 Å².